The molecule has 0 bridgehead atoms. The Kier molecular flexibility index (Phi) is 6.49. The van der Waals surface area contributed by atoms with Gasteiger partial charge in [-0.1, -0.05) is 17.7 Å². The normalized spacial score (nSPS) is 16.3. The number of ether oxygens (including phenoxy) is 1. The molecule has 0 N–H and O–H groups in total. The van der Waals surface area contributed by atoms with Crippen molar-refractivity contribution in [1.82, 2.24) is 29.4 Å². The molecule has 0 spiro atoms. The molecular weight excluding hydrogens is 490 g/mol. The summed E-state index contributed by atoms with van der Waals surface area (Å²) in [5.74, 6) is 0.792. The molecule has 1 amide bonds. The van der Waals surface area contributed by atoms with Gasteiger partial charge in [0.15, 0.2) is 5.65 Å². The zero-order valence-electron chi connectivity index (χ0n) is 21.6. The number of piperazine rings is 1. The second-order valence-corrected chi connectivity index (χ2v) is 10.7. The molecule has 1 fully saturated rings. The Labute approximate surface area is 221 Å². The number of carbonyl (C=O) groups is 1. The van der Waals surface area contributed by atoms with Crippen LogP contribution in [0.3, 0.4) is 0 Å². The number of benzene rings is 1. The summed E-state index contributed by atoms with van der Waals surface area (Å²) in [6.07, 6.45) is 8.38. The lowest BCUT2D eigenvalue weighted by Crippen LogP contribution is -2.54. The third kappa shape index (κ3) is 4.83. The average molecular weight is 520 g/mol. The number of nitrogens with zero attached hydrogens (tertiary/aromatic N) is 7. The maximum atomic E-state index is 12.7. The van der Waals surface area contributed by atoms with Crippen LogP contribution in [-0.4, -0.2) is 66.8 Å². The van der Waals surface area contributed by atoms with Crippen LogP contribution >= 0.6 is 11.6 Å². The second kappa shape index (κ2) is 9.63. The number of halogens is 1. The first-order chi connectivity index (χ1) is 17.6. The highest BCUT2D eigenvalue weighted by molar-refractivity contribution is 6.31. The zero-order chi connectivity index (χ0) is 26.3. The van der Waals surface area contributed by atoms with E-state index in [4.69, 9.17) is 21.3 Å². The van der Waals surface area contributed by atoms with E-state index in [0.29, 0.717) is 24.7 Å². The Morgan fingerprint density at radius 2 is 1.95 bits per heavy atom. The van der Waals surface area contributed by atoms with E-state index in [2.05, 4.69) is 26.8 Å². The molecule has 1 saturated heterocycles. The van der Waals surface area contributed by atoms with Crippen molar-refractivity contribution in [2.75, 3.05) is 24.5 Å². The fraction of sp³-hybridized carbons (Fsp3) is 0.370. The molecule has 10 heteroatoms. The molecule has 3 aromatic heterocycles. The molecule has 4 aromatic rings. The summed E-state index contributed by atoms with van der Waals surface area (Å²) >= 11 is 6.47. The molecule has 0 saturated carbocycles. The van der Waals surface area contributed by atoms with Gasteiger partial charge in [-0.15, -0.1) is 0 Å². The van der Waals surface area contributed by atoms with Crippen LogP contribution in [0.15, 0.2) is 49.3 Å². The maximum absolute atomic E-state index is 12.7. The molecule has 4 heterocycles. The van der Waals surface area contributed by atoms with Crippen LogP contribution in [0.4, 0.5) is 10.6 Å². The fourth-order valence-corrected chi connectivity index (χ4v) is 4.87. The Hall–Kier alpha value is -3.72. The maximum Gasteiger partial charge on any atom is 0.410 e. The summed E-state index contributed by atoms with van der Waals surface area (Å²) in [7, 11) is 0. The summed E-state index contributed by atoms with van der Waals surface area (Å²) in [5, 5.41) is 1.56. The van der Waals surface area contributed by atoms with Crippen LogP contribution in [0.2, 0.25) is 5.02 Å². The van der Waals surface area contributed by atoms with Crippen LogP contribution < -0.4 is 4.90 Å². The van der Waals surface area contributed by atoms with Gasteiger partial charge in [-0.2, -0.15) is 0 Å². The van der Waals surface area contributed by atoms with Gasteiger partial charge in [0.25, 0.3) is 0 Å². The molecule has 1 aliphatic rings. The van der Waals surface area contributed by atoms with E-state index in [1.807, 2.05) is 56.7 Å². The molecule has 192 valence electrons. The van der Waals surface area contributed by atoms with E-state index in [1.54, 1.807) is 29.8 Å². The number of fused-ring (bicyclic) bond motifs is 1. The molecule has 37 heavy (non-hydrogen) atoms. The highest BCUT2D eigenvalue weighted by atomic mass is 35.5. The van der Waals surface area contributed by atoms with Gasteiger partial charge in [0.2, 0.25) is 0 Å². The van der Waals surface area contributed by atoms with Gasteiger partial charge in [0, 0.05) is 54.9 Å². The van der Waals surface area contributed by atoms with Crippen molar-refractivity contribution in [2.45, 2.75) is 46.3 Å². The summed E-state index contributed by atoms with van der Waals surface area (Å²) in [6, 6.07) is 5.83. The third-order valence-corrected chi connectivity index (χ3v) is 6.86. The van der Waals surface area contributed by atoms with E-state index in [9.17, 15) is 4.79 Å². The lowest BCUT2D eigenvalue weighted by atomic mass is 10.1. The lowest BCUT2D eigenvalue weighted by Gasteiger charge is -2.41. The van der Waals surface area contributed by atoms with E-state index in [1.165, 1.54) is 0 Å². The van der Waals surface area contributed by atoms with Gasteiger partial charge in [-0.25, -0.2) is 14.8 Å². The Morgan fingerprint density at radius 1 is 1.14 bits per heavy atom. The van der Waals surface area contributed by atoms with E-state index in [-0.39, 0.29) is 12.1 Å². The SMILES string of the molecule is Cc1c(Cl)cccc1-n1cc(-c2cnccn2)c2c(N3CCN(C(=O)OC(C)(C)C)CC3C)ncnc21. The highest BCUT2D eigenvalue weighted by Gasteiger charge is 2.32. The predicted octanol–water partition coefficient (Wildman–Crippen LogP) is 5.28. The minimum atomic E-state index is -0.538. The van der Waals surface area contributed by atoms with Gasteiger partial charge in [0.1, 0.15) is 17.7 Å². The van der Waals surface area contributed by atoms with Gasteiger partial charge in [0.05, 0.1) is 23.0 Å². The number of hydrogen-bond donors (Lipinski definition) is 0. The van der Waals surface area contributed by atoms with Crippen molar-refractivity contribution < 1.29 is 9.53 Å². The molecule has 1 aliphatic heterocycles. The predicted molar refractivity (Wildman–Crippen MR) is 144 cm³/mol. The molecule has 1 aromatic carbocycles. The molecule has 1 unspecified atom stereocenters. The van der Waals surface area contributed by atoms with Crippen LogP contribution in [0.5, 0.6) is 0 Å². The number of carbonyl (C=O) groups excluding carboxylic acids is 1. The Balaban J connectivity index is 1.60. The van der Waals surface area contributed by atoms with Gasteiger partial charge in [-0.05, 0) is 52.3 Å². The summed E-state index contributed by atoms with van der Waals surface area (Å²) < 4.78 is 7.64. The van der Waals surface area contributed by atoms with Crippen LogP contribution in [0.25, 0.3) is 28.0 Å². The monoisotopic (exact) mass is 519 g/mol. The first kappa shape index (κ1) is 25.0. The number of anilines is 1. The van der Waals surface area contributed by atoms with Crippen molar-refractivity contribution in [2.24, 2.45) is 0 Å². The van der Waals surface area contributed by atoms with Crippen molar-refractivity contribution in [3.05, 3.63) is 59.9 Å². The molecule has 0 aliphatic carbocycles. The molecule has 9 nitrogen and oxygen atoms in total. The summed E-state index contributed by atoms with van der Waals surface area (Å²) in [4.78, 5) is 35.0. The Bertz CT molecular complexity index is 1450. The number of amides is 1. The van der Waals surface area contributed by atoms with Crippen LogP contribution in [-0.2, 0) is 4.74 Å². The van der Waals surface area contributed by atoms with Crippen molar-refractivity contribution in [3.8, 4) is 16.9 Å². The van der Waals surface area contributed by atoms with Crippen LogP contribution in [0.1, 0.15) is 33.3 Å². The quantitative estimate of drug-likeness (QED) is 0.363. The van der Waals surface area contributed by atoms with Crippen molar-refractivity contribution >= 4 is 34.5 Å². The van der Waals surface area contributed by atoms with Crippen LogP contribution in [0, 0.1) is 6.92 Å². The molecule has 0 radical (unpaired) electrons. The first-order valence-corrected chi connectivity index (χ1v) is 12.6. The van der Waals surface area contributed by atoms with Crippen molar-refractivity contribution in [1.29, 1.82) is 0 Å². The zero-order valence-corrected chi connectivity index (χ0v) is 22.4. The van der Waals surface area contributed by atoms with E-state index >= 15 is 0 Å². The second-order valence-electron chi connectivity index (χ2n) is 10.3. The van der Waals surface area contributed by atoms with E-state index < -0.39 is 5.60 Å². The summed E-state index contributed by atoms with van der Waals surface area (Å²) in [5.41, 5.74) is 3.69. The fourth-order valence-electron chi connectivity index (χ4n) is 4.70. The number of aromatic nitrogens is 5. The highest BCUT2D eigenvalue weighted by Crippen LogP contribution is 2.38. The third-order valence-electron chi connectivity index (χ3n) is 6.45. The van der Waals surface area contributed by atoms with Gasteiger partial charge in [-0.3, -0.25) is 9.97 Å². The van der Waals surface area contributed by atoms with E-state index in [0.717, 1.165) is 39.4 Å². The lowest BCUT2D eigenvalue weighted by molar-refractivity contribution is 0.0218. The standard InChI is InChI=1S/C27H30ClN7O2/c1-17-14-33(26(36)37-27(3,4)5)11-12-34(17)24-23-19(21-13-29-9-10-30-21)15-35(25(23)32-16-31-24)22-8-6-7-20(28)18(22)2/h6-10,13,15-17H,11-12,14H2,1-5H3. The Morgan fingerprint density at radius 3 is 2.65 bits per heavy atom. The molecule has 1 atom stereocenters. The minimum Gasteiger partial charge on any atom is -0.444 e. The van der Waals surface area contributed by atoms with Gasteiger partial charge < -0.3 is 19.1 Å². The summed E-state index contributed by atoms with van der Waals surface area (Å²) in [6.45, 7) is 11.4. The number of rotatable bonds is 3. The average Bonchev–Trinajstić information content (AvgIpc) is 3.25. The first-order valence-electron chi connectivity index (χ1n) is 12.3. The topological polar surface area (TPSA) is 89.3 Å². The largest absolute Gasteiger partial charge is 0.444 e. The van der Waals surface area contributed by atoms with Gasteiger partial charge >= 0.3 is 6.09 Å². The minimum absolute atomic E-state index is 0.00494. The van der Waals surface area contributed by atoms with Crippen molar-refractivity contribution in [3.63, 3.8) is 0 Å². The number of hydrogen-bond acceptors (Lipinski definition) is 7. The smallest absolute Gasteiger partial charge is 0.410 e. The molecule has 5 rings (SSSR count). The molecular formula is C27H30ClN7O2.